The van der Waals surface area contributed by atoms with Crippen LogP contribution in [-0.4, -0.2) is 33.7 Å². The molecule has 3 heterocycles. The van der Waals surface area contributed by atoms with E-state index in [4.69, 9.17) is 5.10 Å². The van der Waals surface area contributed by atoms with E-state index in [0.717, 1.165) is 21.5 Å². The molecule has 0 saturated carbocycles. The molecule has 2 aromatic carbocycles. The number of para-hydroxylation sites is 1. The van der Waals surface area contributed by atoms with Gasteiger partial charge in [0.15, 0.2) is 5.65 Å². The van der Waals surface area contributed by atoms with Crippen molar-refractivity contribution in [1.82, 2.24) is 33.7 Å². The highest BCUT2D eigenvalue weighted by Gasteiger charge is 2.24. The standard InChI is InChI=1S/C26H28N8O2/c1-26(2,3)15-32-23-21(24(35)31(4)25(32)36)22(29-19-8-6-5-7-9-19)33(30-23)14-18-10-12-20(13-11-18)34-17-27-16-28-34/h5-13,16-17,29H,14-15H2,1-4H3. The van der Waals surface area contributed by atoms with Gasteiger partial charge in [0, 0.05) is 19.3 Å². The zero-order valence-corrected chi connectivity index (χ0v) is 20.7. The molecule has 0 saturated heterocycles. The quantitative estimate of drug-likeness (QED) is 0.397. The lowest BCUT2D eigenvalue weighted by atomic mass is 9.97. The van der Waals surface area contributed by atoms with Crippen LogP contribution in [-0.2, 0) is 20.1 Å². The third kappa shape index (κ3) is 4.45. The summed E-state index contributed by atoms with van der Waals surface area (Å²) < 4.78 is 6.19. The second-order valence-corrected chi connectivity index (χ2v) is 10.00. The number of hydrogen-bond acceptors (Lipinski definition) is 6. The summed E-state index contributed by atoms with van der Waals surface area (Å²) in [6.07, 6.45) is 3.13. The van der Waals surface area contributed by atoms with Crippen molar-refractivity contribution in [1.29, 1.82) is 0 Å². The Bertz CT molecular complexity index is 1620. The van der Waals surface area contributed by atoms with Crippen molar-refractivity contribution >= 4 is 22.5 Å². The zero-order valence-electron chi connectivity index (χ0n) is 20.7. The smallest absolute Gasteiger partial charge is 0.332 e. The summed E-state index contributed by atoms with van der Waals surface area (Å²) in [7, 11) is 1.51. The van der Waals surface area contributed by atoms with Gasteiger partial charge in [0.1, 0.15) is 23.9 Å². The maximum atomic E-state index is 13.4. The predicted octanol–water partition coefficient (Wildman–Crippen LogP) is 3.32. The number of benzene rings is 2. The van der Waals surface area contributed by atoms with E-state index in [0.29, 0.717) is 29.9 Å². The summed E-state index contributed by atoms with van der Waals surface area (Å²) >= 11 is 0. The van der Waals surface area contributed by atoms with Crippen LogP contribution >= 0.6 is 0 Å². The van der Waals surface area contributed by atoms with Crippen molar-refractivity contribution < 1.29 is 0 Å². The van der Waals surface area contributed by atoms with Crippen LogP contribution in [0.1, 0.15) is 26.3 Å². The van der Waals surface area contributed by atoms with Gasteiger partial charge in [-0.3, -0.25) is 13.9 Å². The molecule has 36 heavy (non-hydrogen) atoms. The number of fused-ring (bicyclic) bond motifs is 1. The molecule has 0 atom stereocenters. The Balaban J connectivity index is 1.66. The molecule has 5 rings (SSSR count). The first-order chi connectivity index (χ1) is 17.2. The third-order valence-electron chi connectivity index (χ3n) is 5.85. The van der Waals surface area contributed by atoms with Gasteiger partial charge >= 0.3 is 5.69 Å². The Labute approximate surface area is 207 Å². The van der Waals surface area contributed by atoms with Crippen LogP contribution < -0.4 is 16.6 Å². The molecule has 5 aromatic rings. The van der Waals surface area contributed by atoms with E-state index < -0.39 is 0 Å². The molecule has 10 heteroatoms. The number of aromatic nitrogens is 7. The van der Waals surface area contributed by atoms with E-state index in [1.54, 1.807) is 20.3 Å². The molecule has 0 aliphatic rings. The Morgan fingerprint density at radius 1 is 0.972 bits per heavy atom. The molecule has 0 aliphatic carbocycles. The lowest BCUT2D eigenvalue weighted by molar-refractivity contribution is 0.337. The van der Waals surface area contributed by atoms with Crippen LogP contribution in [0.5, 0.6) is 0 Å². The summed E-state index contributed by atoms with van der Waals surface area (Å²) in [5.41, 5.74) is 2.10. The first-order valence-electron chi connectivity index (χ1n) is 11.7. The summed E-state index contributed by atoms with van der Waals surface area (Å²) in [5, 5.41) is 12.7. The third-order valence-corrected chi connectivity index (χ3v) is 5.85. The first kappa shape index (κ1) is 23.3. The highest BCUT2D eigenvalue weighted by Crippen LogP contribution is 2.26. The van der Waals surface area contributed by atoms with Crippen molar-refractivity contribution in [3.63, 3.8) is 0 Å². The molecule has 0 radical (unpaired) electrons. The maximum Gasteiger partial charge on any atom is 0.332 e. The Kier molecular flexibility index (Phi) is 5.79. The van der Waals surface area contributed by atoms with Gasteiger partial charge in [0.05, 0.1) is 12.2 Å². The summed E-state index contributed by atoms with van der Waals surface area (Å²) in [5.74, 6) is 0.541. The van der Waals surface area contributed by atoms with E-state index in [1.165, 1.54) is 13.4 Å². The molecular formula is C26H28N8O2. The lowest BCUT2D eigenvalue weighted by Gasteiger charge is -2.20. The van der Waals surface area contributed by atoms with Crippen molar-refractivity contribution in [3.05, 3.63) is 93.7 Å². The number of nitrogens with zero attached hydrogens (tertiary/aromatic N) is 7. The van der Waals surface area contributed by atoms with Crippen LogP contribution in [0.2, 0.25) is 0 Å². The van der Waals surface area contributed by atoms with Gasteiger partial charge in [0.25, 0.3) is 5.56 Å². The fourth-order valence-corrected chi connectivity index (χ4v) is 4.15. The molecule has 10 nitrogen and oxygen atoms in total. The molecule has 0 amide bonds. The van der Waals surface area contributed by atoms with Crippen LogP contribution in [0.25, 0.3) is 16.7 Å². The van der Waals surface area contributed by atoms with E-state index >= 15 is 0 Å². The molecule has 0 unspecified atom stereocenters. The Hall–Kier alpha value is -4.47. The van der Waals surface area contributed by atoms with Gasteiger partial charge in [-0.2, -0.15) is 10.2 Å². The first-order valence-corrected chi connectivity index (χ1v) is 11.7. The minimum atomic E-state index is -0.383. The van der Waals surface area contributed by atoms with Crippen LogP contribution in [0, 0.1) is 5.41 Å². The zero-order chi connectivity index (χ0) is 25.4. The fourth-order valence-electron chi connectivity index (χ4n) is 4.15. The number of rotatable bonds is 6. The van der Waals surface area contributed by atoms with Gasteiger partial charge in [-0.05, 0) is 35.2 Å². The second kappa shape index (κ2) is 8.95. The van der Waals surface area contributed by atoms with E-state index in [1.807, 2.05) is 75.4 Å². The number of nitrogens with one attached hydrogen (secondary N) is 1. The Morgan fingerprint density at radius 3 is 2.33 bits per heavy atom. The molecule has 1 N–H and O–H groups in total. The molecule has 0 spiro atoms. The SMILES string of the molecule is Cn1c(=O)c2c(Nc3ccccc3)n(Cc3ccc(-n4cncn4)cc3)nc2n(CC(C)(C)C)c1=O. The topological polar surface area (TPSA) is 105 Å². The fraction of sp³-hybridized carbons (Fsp3) is 0.269. The van der Waals surface area contributed by atoms with Crippen LogP contribution in [0.3, 0.4) is 0 Å². The Morgan fingerprint density at radius 2 is 1.69 bits per heavy atom. The molecule has 184 valence electrons. The minimum Gasteiger partial charge on any atom is -0.340 e. The highest BCUT2D eigenvalue weighted by molar-refractivity contribution is 5.89. The van der Waals surface area contributed by atoms with Crippen molar-refractivity contribution in [2.45, 2.75) is 33.9 Å². The monoisotopic (exact) mass is 484 g/mol. The molecule has 0 aliphatic heterocycles. The maximum absolute atomic E-state index is 13.4. The minimum absolute atomic E-state index is 0.192. The summed E-state index contributed by atoms with van der Waals surface area (Å²) in [4.78, 5) is 30.5. The van der Waals surface area contributed by atoms with Gasteiger partial charge < -0.3 is 5.32 Å². The van der Waals surface area contributed by atoms with Crippen molar-refractivity contribution in [3.8, 4) is 5.69 Å². The molecule has 0 bridgehead atoms. The van der Waals surface area contributed by atoms with Gasteiger partial charge in [-0.1, -0.05) is 51.1 Å². The number of hydrogen-bond donors (Lipinski definition) is 1. The summed E-state index contributed by atoms with van der Waals surface area (Å²) in [6.45, 7) is 6.97. The van der Waals surface area contributed by atoms with Crippen LogP contribution in [0.4, 0.5) is 11.5 Å². The average Bonchev–Trinajstić information content (AvgIpc) is 3.50. The van der Waals surface area contributed by atoms with Crippen molar-refractivity contribution in [2.75, 3.05) is 5.32 Å². The second-order valence-electron chi connectivity index (χ2n) is 10.00. The predicted molar refractivity (Wildman–Crippen MR) is 139 cm³/mol. The van der Waals surface area contributed by atoms with E-state index in [2.05, 4.69) is 15.4 Å². The van der Waals surface area contributed by atoms with Crippen molar-refractivity contribution in [2.24, 2.45) is 12.5 Å². The van der Waals surface area contributed by atoms with Crippen LogP contribution in [0.15, 0.2) is 76.8 Å². The normalized spacial score (nSPS) is 11.8. The average molecular weight is 485 g/mol. The molecule has 0 fully saturated rings. The van der Waals surface area contributed by atoms with Gasteiger partial charge in [-0.15, -0.1) is 0 Å². The lowest BCUT2D eigenvalue weighted by Crippen LogP contribution is -2.40. The van der Waals surface area contributed by atoms with Gasteiger partial charge in [0.2, 0.25) is 0 Å². The highest BCUT2D eigenvalue weighted by atomic mass is 16.2. The largest absolute Gasteiger partial charge is 0.340 e. The summed E-state index contributed by atoms with van der Waals surface area (Å²) in [6, 6.07) is 17.5. The number of anilines is 2. The molecule has 3 aromatic heterocycles. The molecular weight excluding hydrogens is 456 g/mol. The van der Waals surface area contributed by atoms with E-state index in [-0.39, 0.29) is 16.7 Å². The van der Waals surface area contributed by atoms with E-state index in [9.17, 15) is 9.59 Å². The van der Waals surface area contributed by atoms with Gasteiger partial charge in [-0.25, -0.2) is 19.1 Å².